The Morgan fingerprint density at radius 2 is 2.10 bits per heavy atom. The van der Waals surface area contributed by atoms with E-state index in [-0.39, 0.29) is 0 Å². The van der Waals surface area contributed by atoms with Crippen LogP contribution in [0.25, 0.3) is 0 Å². The van der Waals surface area contributed by atoms with E-state index < -0.39 is 5.54 Å². The number of rotatable bonds is 9. The molecule has 0 radical (unpaired) electrons. The molecule has 4 nitrogen and oxygen atoms in total. The van der Waals surface area contributed by atoms with Crippen molar-refractivity contribution in [1.29, 1.82) is 5.26 Å². The van der Waals surface area contributed by atoms with Crippen LogP contribution in [0, 0.1) is 11.3 Å². The Morgan fingerprint density at radius 1 is 1.38 bits per heavy atom. The molecule has 1 saturated carbocycles. The van der Waals surface area contributed by atoms with Crippen LogP contribution in [0.1, 0.15) is 25.3 Å². The highest BCUT2D eigenvalue weighted by Crippen LogP contribution is 2.29. The first-order valence-corrected chi connectivity index (χ1v) is 7.70. The standard InChI is InChI=1S/C17H25N3O/c1-3-20(11-12-21-2)14-17(13-18,19-16-9-10-16)15-7-5-4-6-8-15/h4-8,16,19H,3,9-12,14H2,1-2H3. The number of ether oxygens (including phenoxy) is 1. The normalized spacial score (nSPS) is 17.4. The lowest BCUT2D eigenvalue weighted by molar-refractivity contribution is 0.134. The number of nitrogens with zero attached hydrogens (tertiary/aromatic N) is 2. The maximum Gasteiger partial charge on any atom is 0.145 e. The van der Waals surface area contributed by atoms with E-state index in [2.05, 4.69) is 23.2 Å². The second kappa shape index (κ2) is 7.56. The van der Waals surface area contributed by atoms with Crippen LogP contribution in [0.15, 0.2) is 30.3 Å². The summed E-state index contributed by atoms with van der Waals surface area (Å²) in [5, 5.41) is 13.5. The molecule has 0 bridgehead atoms. The summed E-state index contributed by atoms with van der Waals surface area (Å²) in [6.45, 7) is 5.25. The predicted molar refractivity (Wildman–Crippen MR) is 83.9 cm³/mol. The van der Waals surface area contributed by atoms with Crippen molar-refractivity contribution >= 4 is 0 Å². The van der Waals surface area contributed by atoms with E-state index in [1.54, 1.807) is 7.11 Å². The molecule has 1 aliphatic rings. The molecular weight excluding hydrogens is 262 g/mol. The highest BCUT2D eigenvalue weighted by atomic mass is 16.5. The van der Waals surface area contributed by atoms with Gasteiger partial charge in [-0.2, -0.15) is 5.26 Å². The second-order valence-electron chi connectivity index (χ2n) is 5.66. The fourth-order valence-corrected chi connectivity index (χ4v) is 2.56. The van der Waals surface area contributed by atoms with Crippen molar-refractivity contribution < 1.29 is 4.74 Å². The van der Waals surface area contributed by atoms with E-state index in [0.717, 1.165) is 18.7 Å². The summed E-state index contributed by atoms with van der Waals surface area (Å²) in [6, 6.07) is 13.1. The minimum absolute atomic E-state index is 0.478. The van der Waals surface area contributed by atoms with E-state index in [1.165, 1.54) is 12.8 Å². The largest absolute Gasteiger partial charge is 0.383 e. The third kappa shape index (κ3) is 4.28. The average molecular weight is 287 g/mol. The van der Waals surface area contributed by atoms with E-state index >= 15 is 0 Å². The topological polar surface area (TPSA) is 48.3 Å². The molecule has 21 heavy (non-hydrogen) atoms. The summed E-state index contributed by atoms with van der Waals surface area (Å²) < 4.78 is 5.18. The number of likely N-dealkylation sites (N-methyl/N-ethyl adjacent to an activating group) is 1. The Hall–Kier alpha value is -1.41. The molecule has 1 unspecified atom stereocenters. The first-order chi connectivity index (χ1) is 10.2. The van der Waals surface area contributed by atoms with Gasteiger partial charge in [0.05, 0.1) is 12.7 Å². The van der Waals surface area contributed by atoms with Gasteiger partial charge in [-0.05, 0) is 24.9 Å². The molecule has 0 aliphatic heterocycles. The first kappa shape index (κ1) is 16.0. The number of nitriles is 1. The highest BCUT2D eigenvalue weighted by molar-refractivity contribution is 5.32. The Balaban J connectivity index is 2.20. The SMILES string of the molecule is CCN(CCOC)CC(C#N)(NC1CC1)c1ccccc1. The average Bonchev–Trinajstić information content (AvgIpc) is 3.35. The summed E-state index contributed by atoms with van der Waals surface area (Å²) in [5.74, 6) is 0. The Kier molecular flexibility index (Phi) is 5.75. The molecule has 1 fully saturated rings. The molecule has 4 heteroatoms. The zero-order valence-electron chi connectivity index (χ0n) is 13.0. The minimum Gasteiger partial charge on any atom is -0.383 e. The summed E-state index contributed by atoms with van der Waals surface area (Å²) in [7, 11) is 1.71. The van der Waals surface area contributed by atoms with Crippen LogP contribution >= 0.6 is 0 Å². The van der Waals surface area contributed by atoms with Crippen molar-refractivity contribution in [2.75, 3.05) is 33.4 Å². The third-order valence-electron chi connectivity index (χ3n) is 4.00. The smallest absolute Gasteiger partial charge is 0.145 e. The maximum absolute atomic E-state index is 9.91. The molecule has 114 valence electrons. The van der Waals surface area contributed by atoms with Crippen LogP contribution in [-0.4, -0.2) is 44.3 Å². The lowest BCUT2D eigenvalue weighted by Crippen LogP contribution is -2.51. The quantitative estimate of drug-likeness (QED) is 0.756. The fourth-order valence-electron chi connectivity index (χ4n) is 2.56. The molecule has 0 spiro atoms. The molecule has 0 heterocycles. The van der Waals surface area contributed by atoms with E-state index in [1.807, 2.05) is 30.3 Å². The molecule has 1 N–H and O–H groups in total. The molecular formula is C17H25N3O. The van der Waals surface area contributed by atoms with E-state index in [4.69, 9.17) is 4.74 Å². The minimum atomic E-state index is -0.633. The number of nitrogens with one attached hydrogen (secondary N) is 1. The van der Waals surface area contributed by atoms with Crippen LogP contribution in [0.5, 0.6) is 0 Å². The van der Waals surface area contributed by atoms with Gasteiger partial charge in [-0.1, -0.05) is 37.3 Å². The molecule has 2 rings (SSSR count). The van der Waals surface area contributed by atoms with E-state index in [9.17, 15) is 5.26 Å². The Bertz CT molecular complexity index is 467. The van der Waals surface area contributed by atoms with Gasteiger partial charge >= 0.3 is 0 Å². The van der Waals surface area contributed by atoms with Gasteiger partial charge in [-0.3, -0.25) is 10.2 Å². The van der Waals surface area contributed by atoms with Gasteiger partial charge in [-0.25, -0.2) is 0 Å². The number of benzene rings is 1. The molecule has 1 aliphatic carbocycles. The van der Waals surface area contributed by atoms with Crippen LogP contribution in [0.4, 0.5) is 0 Å². The van der Waals surface area contributed by atoms with Gasteiger partial charge in [0.1, 0.15) is 5.54 Å². The van der Waals surface area contributed by atoms with Crippen molar-refractivity contribution in [2.45, 2.75) is 31.3 Å². The zero-order valence-corrected chi connectivity index (χ0v) is 13.0. The predicted octanol–water partition coefficient (Wildman–Crippen LogP) is 2.13. The monoisotopic (exact) mass is 287 g/mol. The highest BCUT2D eigenvalue weighted by Gasteiger charge is 2.39. The van der Waals surface area contributed by atoms with Crippen molar-refractivity contribution in [3.63, 3.8) is 0 Å². The van der Waals surface area contributed by atoms with Gasteiger partial charge < -0.3 is 4.74 Å². The van der Waals surface area contributed by atoms with Gasteiger partial charge in [0.25, 0.3) is 0 Å². The zero-order chi connectivity index (χ0) is 15.1. The number of hydrogen-bond donors (Lipinski definition) is 1. The van der Waals surface area contributed by atoms with Crippen molar-refractivity contribution in [3.05, 3.63) is 35.9 Å². The number of hydrogen-bond acceptors (Lipinski definition) is 4. The summed E-state index contributed by atoms with van der Waals surface area (Å²) in [6.07, 6.45) is 2.33. The van der Waals surface area contributed by atoms with Gasteiger partial charge in [-0.15, -0.1) is 0 Å². The molecule has 0 aromatic heterocycles. The van der Waals surface area contributed by atoms with Crippen LogP contribution in [0.3, 0.4) is 0 Å². The summed E-state index contributed by atoms with van der Waals surface area (Å²) in [5.41, 5.74) is 0.418. The second-order valence-corrected chi connectivity index (χ2v) is 5.66. The molecule has 0 saturated heterocycles. The molecule has 1 aromatic rings. The van der Waals surface area contributed by atoms with Crippen LogP contribution in [-0.2, 0) is 10.3 Å². The van der Waals surface area contributed by atoms with Crippen molar-refractivity contribution in [1.82, 2.24) is 10.2 Å². The van der Waals surface area contributed by atoms with Gasteiger partial charge in [0.15, 0.2) is 0 Å². The van der Waals surface area contributed by atoms with Crippen molar-refractivity contribution in [3.8, 4) is 6.07 Å². The summed E-state index contributed by atoms with van der Waals surface area (Å²) in [4.78, 5) is 2.27. The Labute approximate surface area is 127 Å². The van der Waals surface area contributed by atoms with Gasteiger partial charge in [0.2, 0.25) is 0 Å². The van der Waals surface area contributed by atoms with Gasteiger partial charge in [0, 0.05) is 26.2 Å². The third-order valence-corrected chi connectivity index (χ3v) is 4.00. The number of methoxy groups -OCH3 is 1. The van der Waals surface area contributed by atoms with Crippen LogP contribution < -0.4 is 5.32 Å². The van der Waals surface area contributed by atoms with E-state index in [0.29, 0.717) is 19.2 Å². The van der Waals surface area contributed by atoms with Crippen LogP contribution in [0.2, 0.25) is 0 Å². The van der Waals surface area contributed by atoms with Crippen molar-refractivity contribution in [2.24, 2.45) is 0 Å². The lowest BCUT2D eigenvalue weighted by Gasteiger charge is -2.34. The lowest BCUT2D eigenvalue weighted by atomic mass is 9.90. The first-order valence-electron chi connectivity index (χ1n) is 7.70. The fraction of sp³-hybridized carbons (Fsp3) is 0.588. The molecule has 1 aromatic carbocycles. The maximum atomic E-state index is 9.91. The summed E-state index contributed by atoms with van der Waals surface area (Å²) >= 11 is 0. The Morgan fingerprint density at radius 3 is 2.62 bits per heavy atom. The molecule has 1 atom stereocenters. The molecule has 0 amide bonds.